The summed E-state index contributed by atoms with van der Waals surface area (Å²) in [7, 11) is 0. The summed E-state index contributed by atoms with van der Waals surface area (Å²) in [6.45, 7) is 7.04. The number of anilines is 1. The normalized spacial score (nSPS) is 12.9. The minimum absolute atomic E-state index is 0.0122. The molecule has 0 saturated heterocycles. The fourth-order valence-electron chi connectivity index (χ4n) is 2.10. The van der Waals surface area contributed by atoms with E-state index < -0.39 is 0 Å². The van der Waals surface area contributed by atoms with E-state index in [4.69, 9.17) is 9.47 Å². The topological polar surface area (TPSA) is 67.9 Å². The zero-order valence-corrected chi connectivity index (χ0v) is 13.2. The molecule has 0 atom stereocenters. The standard InChI is InChI=1S/C16H22N2O4/c1-11(2)9-17-16(20)10-18(12(3)19)13-4-5-14-15(8-13)22-7-6-21-14/h4-5,8,11H,6-7,9-10H2,1-3H3,(H,17,20). The summed E-state index contributed by atoms with van der Waals surface area (Å²) in [5, 5.41) is 2.81. The fourth-order valence-corrected chi connectivity index (χ4v) is 2.10. The van der Waals surface area contributed by atoms with E-state index in [0.29, 0.717) is 42.9 Å². The molecule has 1 aromatic rings. The molecule has 6 heteroatoms. The van der Waals surface area contributed by atoms with Crippen molar-refractivity contribution < 1.29 is 19.1 Å². The first kappa shape index (κ1) is 16.1. The molecule has 120 valence electrons. The average molecular weight is 306 g/mol. The Labute approximate surface area is 130 Å². The van der Waals surface area contributed by atoms with E-state index in [1.165, 1.54) is 11.8 Å². The highest BCUT2D eigenvalue weighted by molar-refractivity contribution is 5.97. The van der Waals surface area contributed by atoms with Gasteiger partial charge in [0, 0.05) is 25.2 Å². The van der Waals surface area contributed by atoms with Gasteiger partial charge in [0.2, 0.25) is 11.8 Å². The highest BCUT2D eigenvalue weighted by Gasteiger charge is 2.19. The molecule has 2 rings (SSSR count). The number of fused-ring (bicyclic) bond motifs is 1. The highest BCUT2D eigenvalue weighted by atomic mass is 16.6. The quantitative estimate of drug-likeness (QED) is 0.897. The number of hydrogen-bond donors (Lipinski definition) is 1. The number of carbonyl (C=O) groups is 2. The first-order valence-electron chi connectivity index (χ1n) is 7.42. The Bertz CT molecular complexity index is 557. The molecular formula is C16H22N2O4. The second-order valence-corrected chi connectivity index (χ2v) is 5.63. The minimum atomic E-state index is -0.198. The number of amides is 2. The Hall–Kier alpha value is -2.24. The van der Waals surface area contributed by atoms with Crippen molar-refractivity contribution in [2.45, 2.75) is 20.8 Å². The van der Waals surface area contributed by atoms with Crippen LogP contribution in [0.25, 0.3) is 0 Å². The van der Waals surface area contributed by atoms with Crippen molar-refractivity contribution in [1.29, 1.82) is 0 Å². The second kappa shape index (κ2) is 7.15. The Kier molecular flexibility index (Phi) is 5.25. The molecule has 0 radical (unpaired) electrons. The molecule has 22 heavy (non-hydrogen) atoms. The first-order valence-corrected chi connectivity index (χ1v) is 7.42. The van der Waals surface area contributed by atoms with Crippen LogP contribution < -0.4 is 19.7 Å². The summed E-state index contributed by atoms with van der Waals surface area (Å²) < 4.78 is 11.0. The van der Waals surface area contributed by atoms with Crippen molar-refractivity contribution in [1.82, 2.24) is 5.32 Å². The monoisotopic (exact) mass is 306 g/mol. The van der Waals surface area contributed by atoms with Crippen molar-refractivity contribution in [2.75, 3.05) is 31.2 Å². The maximum absolute atomic E-state index is 12.0. The van der Waals surface area contributed by atoms with Crippen LogP contribution in [-0.2, 0) is 9.59 Å². The molecule has 1 aliphatic heterocycles. The molecule has 0 aromatic heterocycles. The van der Waals surface area contributed by atoms with Gasteiger partial charge in [-0.25, -0.2) is 0 Å². The largest absolute Gasteiger partial charge is 0.486 e. The Morgan fingerprint density at radius 2 is 1.91 bits per heavy atom. The maximum atomic E-state index is 12.0. The van der Waals surface area contributed by atoms with E-state index >= 15 is 0 Å². The third kappa shape index (κ3) is 4.13. The molecule has 1 heterocycles. The van der Waals surface area contributed by atoms with Gasteiger partial charge in [-0.1, -0.05) is 13.8 Å². The predicted octanol–water partition coefficient (Wildman–Crippen LogP) is 1.58. The molecule has 0 saturated carbocycles. The van der Waals surface area contributed by atoms with Gasteiger partial charge in [-0.3, -0.25) is 9.59 Å². The smallest absolute Gasteiger partial charge is 0.240 e. The summed E-state index contributed by atoms with van der Waals surface area (Å²) in [5.41, 5.74) is 0.622. The van der Waals surface area contributed by atoms with Gasteiger partial charge < -0.3 is 19.7 Å². The van der Waals surface area contributed by atoms with Crippen molar-refractivity contribution in [3.63, 3.8) is 0 Å². The molecule has 0 bridgehead atoms. The second-order valence-electron chi connectivity index (χ2n) is 5.63. The van der Waals surface area contributed by atoms with Gasteiger partial charge in [0.1, 0.15) is 19.8 Å². The molecular weight excluding hydrogens is 284 g/mol. The number of benzene rings is 1. The zero-order chi connectivity index (χ0) is 16.1. The first-order chi connectivity index (χ1) is 10.5. The van der Waals surface area contributed by atoms with Gasteiger partial charge in [0.25, 0.3) is 0 Å². The summed E-state index contributed by atoms with van der Waals surface area (Å²) in [6, 6.07) is 5.24. The van der Waals surface area contributed by atoms with E-state index in [2.05, 4.69) is 5.32 Å². The van der Waals surface area contributed by atoms with Crippen LogP contribution in [0.1, 0.15) is 20.8 Å². The SMILES string of the molecule is CC(=O)N(CC(=O)NCC(C)C)c1ccc2c(c1)OCCO2. The van der Waals surface area contributed by atoms with E-state index in [0.717, 1.165) is 0 Å². The summed E-state index contributed by atoms with van der Waals surface area (Å²) in [4.78, 5) is 25.2. The molecule has 0 unspecified atom stereocenters. The van der Waals surface area contributed by atoms with Gasteiger partial charge in [0.15, 0.2) is 11.5 Å². The molecule has 1 aliphatic rings. The lowest BCUT2D eigenvalue weighted by atomic mass is 10.2. The van der Waals surface area contributed by atoms with Crippen molar-refractivity contribution in [3.05, 3.63) is 18.2 Å². The van der Waals surface area contributed by atoms with E-state index in [9.17, 15) is 9.59 Å². The maximum Gasteiger partial charge on any atom is 0.240 e. The Morgan fingerprint density at radius 3 is 2.55 bits per heavy atom. The number of hydrogen-bond acceptors (Lipinski definition) is 4. The van der Waals surface area contributed by atoms with Crippen molar-refractivity contribution in [2.24, 2.45) is 5.92 Å². The number of rotatable bonds is 5. The van der Waals surface area contributed by atoms with Crippen LogP contribution in [0.3, 0.4) is 0 Å². The molecule has 2 amide bonds. The lowest BCUT2D eigenvalue weighted by Crippen LogP contribution is -2.40. The molecule has 6 nitrogen and oxygen atoms in total. The molecule has 1 aromatic carbocycles. The van der Waals surface area contributed by atoms with Gasteiger partial charge in [-0.05, 0) is 18.1 Å². The molecule has 0 fully saturated rings. The lowest BCUT2D eigenvalue weighted by molar-refractivity contribution is -0.123. The number of ether oxygens (including phenoxy) is 2. The third-order valence-electron chi connectivity index (χ3n) is 3.23. The summed E-state index contributed by atoms with van der Waals surface area (Å²) in [5.74, 6) is 1.24. The van der Waals surface area contributed by atoms with Crippen LogP contribution in [0.2, 0.25) is 0 Å². The average Bonchev–Trinajstić information content (AvgIpc) is 2.49. The number of carbonyl (C=O) groups excluding carboxylic acids is 2. The highest BCUT2D eigenvalue weighted by Crippen LogP contribution is 2.33. The summed E-state index contributed by atoms with van der Waals surface area (Å²) in [6.07, 6.45) is 0. The van der Waals surface area contributed by atoms with E-state index in [-0.39, 0.29) is 18.4 Å². The zero-order valence-electron chi connectivity index (χ0n) is 13.2. The number of nitrogens with zero attached hydrogens (tertiary/aromatic N) is 1. The van der Waals surface area contributed by atoms with Gasteiger partial charge in [-0.15, -0.1) is 0 Å². The fraction of sp³-hybridized carbons (Fsp3) is 0.500. The lowest BCUT2D eigenvalue weighted by Gasteiger charge is -2.24. The van der Waals surface area contributed by atoms with Crippen LogP contribution in [0.5, 0.6) is 11.5 Å². The van der Waals surface area contributed by atoms with Crippen LogP contribution in [0.4, 0.5) is 5.69 Å². The van der Waals surface area contributed by atoms with E-state index in [1.54, 1.807) is 18.2 Å². The minimum Gasteiger partial charge on any atom is -0.486 e. The molecule has 0 aliphatic carbocycles. The number of nitrogens with one attached hydrogen (secondary N) is 1. The van der Waals surface area contributed by atoms with Gasteiger partial charge >= 0.3 is 0 Å². The van der Waals surface area contributed by atoms with Crippen molar-refractivity contribution in [3.8, 4) is 11.5 Å². The van der Waals surface area contributed by atoms with Gasteiger partial charge in [0.05, 0.1) is 0 Å². The van der Waals surface area contributed by atoms with Gasteiger partial charge in [-0.2, -0.15) is 0 Å². The Balaban J connectivity index is 2.11. The van der Waals surface area contributed by atoms with E-state index in [1.807, 2.05) is 13.8 Å². The summed E-state index contributed by atoms with van der Waals surface area (Å²) >= 11 is 0. The predicted molar refractivity (Wildman–Crippen MR) is 83.3 cm³/mol. The molecule has 1 N–H and O–H groups in total. The van der Waals surface area contributed by atoms with Crippen molar-refractivity contribution >= 4 is 17.5 Å². The third-order valence-corrected chi connectivity index (χ3v) is 3.23. The van der Waals surface area contributed by atoms with Crippen LogP contribution >= 0.6 is 0 Å². The molecule has 0 spiro atoms. The Morgan fingerprint density at radius 1 is 1.23 bits per heavy atom. The van der Waals surface area contributed by atoms with Crippen LogP contribution in [0.15, 0.2) is 18.2 Å². The van der Waals surface area contributed by atoms with Crippen LogP contribution in [-0.4, -0.2) is 38.1 Å². The van der Waals surface area contributed by atoms with Crippen LogP contribution in [0, 0.1) is 5.92 Å².